The molecular formula is C19H29FN4O2. The van der Waals surface area contributed by atoms with Gasteiger partial charge in [0.25, 0.3) is 0 Å². The number of halogens is 1. The molecule has 0 saturated carbocycles. The first kappa shape index (κ1) is 20.3. The highest BCUT2D eigenvalue weighted by Gasteiger charge is 2.20. The maximum atomic E-state index is 13.1. The Hall–Kier alpha value is -1.99. The molecule has 0 aromatic heterocycles. The van der Waals surface area contributed by atoms with E-state index in [0.717, 1.165) is 39.1 Å². The van der Waals surface area contributed by atoms with Gasteiger partial charge in [-0.25, -0.2) is 4.39 Å². The summed E-state index contributed by atoms with van der Waals surface area (Å²) in [7, 11) is 0. The fourth-order valence-corrected chi connectivity index (χ4v) is 2.83. The average Bonchev–Trinajstić information content (AvgIpc) is 2.56. The van der Waals surface area contributed by atoms with Crippen LogP contribution in [-0.2, 0) is 9.59 Å². The van der Waals surface area contributed by atoms with Crippen LogP contribution in [-0.4, -0.2) is 67.4 Å². The summed E-state index contributed by atoms with van der Waals surface area (Å²) in [6.45, 7) is 8.64. The molecule has 0 unspecified atom stereocenters. The second-order valence-electron chi connectivity index (χ2n) is 7.14. The number of benzene rings is 1. The van der Waals surface area contributed by atoms with E-state index in [-0.39, 0.29) is 24.2 Å². The van der Waals surface area contributed by atoms with Gasteiger partial charge in [0.1, 0.15) is 5.82 Å². The van der Waals surface area contributed by atoms with Crippen LogP contribution in [0.5, 0.6) is 0 Å². The van der Waals surface area contributed by atoms with E-state index in [1.54, 1.807) is 12.1 Å². The van der Waals surface area contributed by atoms with E-state index in [9.17, 15) is 14.0 Å². The van der Waals surface area contributed by atoms with Gasteiger partial charge in [-0.3, -0.25) is 19.4 Å². The van der Waals surface area contributed by atoms with Crippen LogP contribution in [0.4, 0.5) is 10.1 Å². The standard InChI is InChI=1S/C19H29FN4O2/c1-15(2)6-7-21-18(25)13-23-8-10-24(11-9-23)14-19(26)22-17-5-3-4-16(20)12-17/h3-5,12,15H,6-11,13-14H2,1-2H3,(H,21,25)(H,22,26). The van der Waals surface area contributed by atoms with E-state index in [0.29, 0.717) is 18.2 Å². The van der Waals surface area contributed by atoms with Gasteiger partial charge in [-0.1, -0.05) is 19.9 Å². The number of hydrogen-bond acceptors (Lipinski definition) is 4. The van der Waals surface area contributed by atoms with E-state index in [1.165, 1.54) is 12.1 Å². The number of rotatable bonds is 8. The van der Waals surface area contributed by atoms with Crippen molar-refractivity contribution >= 4 is 17.5 Å². The fourth-order valence-electron chi connectivity index (χ4n) is 2.83. The molecule has 1 aliphatic heterocycles. The normalized spacial score (nSPS) is 15.8. The van der Waals surface area contributed by atoms with Crippen LogP contribution in [0, 0.1) is 11.7 Å². The van der Waals surface area contributed by atoms with Gasteiger partial charge in [0.15, 0.2) is 0 Å². The van der Waals surface area contributed by atoms with Crippen molar-refractivity contribution in [2.24, 2.45) is 5.92 Å². The van der Waals surface area contributed by atoms with Crippen molar-refractivity contribution in [3.63, 3.8) is 0 Å². The van der Waals surface area contributed by atoms with Gasteiger partial charge in [-0.15, -0.1) is 0 Å². The smallest absolute Gasteiger partial charge is 0.238 e. The quantitative estimate of drug-likeness (QED) is 0.735. The summed E-state index contributed by atoms with van der Waals surface area (Å²) in [5.41, 5.74) is 0.465. The largest absolute Gasteiger partial charge is 0.355 e. The summed E-state index contributed by atoms with van der Waals surface area (Å²) in [6, 6.07) is 5.87. The first-order chi connectivity index (χ1) is 12.4. The zero-order valence-corrected chi connectivity index (χ0v) is 15.6. The van der Waals surface area contributed by atoms with E-state index in [4.69, 9.17) is 0 Å². The zero-order chi connectivity index (χ0) is 18.9. The maximum Gasteiger partial charge on any atom is 0.238 e. The van der Waals surface area contributed by atoms with Gasteiger partial charge in [0.2, 0.25) is 11.8 Å². The third-order valence-electron chi connectivity index (χ3n) is 4.35. The van der Waals surface area contributed by atoms with Crippen molar-refractivity contribution in [1.29, 1.82) is 0 Å². The van der Waals surface area contributed by atoms with Gasteiger partial charge in [-0.05, 0) is 30.5 Å². The minimum atomic E-state index is -0.372. The van der Waals surface area contributed by atoms with Crippen LogP contribution in [0.25, 0.3) is 0 Å². The molecule has 0 atom stereocenters. The molecule has 144 valence electrons. The number of piperazine rings is 1. The van der Waals surface area contributed by atoms with E-state index in [1.807, 2.05) is 4.90 Å². The van der Waals surface area contributed by atoms with Crippen molar-refractivity contribution in [3.05, 3.63) is 30.1 Å². The molecule has 0 aliphatic carbocycles. The molecule has 1 saturated heterocycles. The van der Waals surface area contributed by atoms with E-state index < -0.39 is 0 Å². The average molecular weight is 364 g/mol. The summed E-state index contributed by atoms with van der Waals surface area (Å²) in [5.74, 6) is 0.110. The molecule has 1 aliphatic rings. The van der Waals surface area contributed by atoms with Gasteiger partial charge < -0.3 is 10.6 Å². The third-order valence-corrected chi connectivity index (χ3v) is 4.35. The van der Waals surface area contributed by atoms with Gasteiger partial charge >= 0.3 is 0 Å². The Morgan fingerprint density at radius 2 is 1.69 bits per heavy atom. The van der Waals surface area contributed by atoms with Crippen LogP contribution >= 0.6 is 0 Å². The molecule has 1 aromatic carbocycles. The Labute approximate surface area is 154 Å². The number of hydrogen-bond donors (Lipinski definition) is 2. The van der Waals surface area contributed by atoms with Crippen molar-refractivity contribution in [3.8, 4) is 0 Å². The van der Waals surface area contributed by atoms with Crippen molar-refractivity contribution < 1.29 is 14.0 Å². The second kappa shape index (κ2) is 10.2. The highest BCUT2D eigenvalue weighted by Crippen LogP contribution is 2.09. The molecule has 2 amide bonds. The molecule has 26 heavy (non-hydrogen) atoms. The number of carbonyl (C=O) groups excluding carboxylic acids is 2. The lowest BCUT2D eigenvalue weighted by molar-refractivity contribution is -0.123. The second-order valence-corrected chi connectivity index (χ2v) is 7.14. The predicted molar refractivity (Wildman–Crippen MR) is 100 cm³/mol. The minimum Gasteiger partial charge on any atom is -0.355 e. The Balaban J connectivity index is 1.65. The van der Waals surface area contributed by atoms with Crippen molar-refractivity contribution in [2.75, 3.05) is 51.1 Å². The fraction of sp³-hybridized carbons (Fsp3) is 0.579. The predicted octanol–water partition coefficient (Wildman–Crippen LogP) is 1.54. The molecule has 0 bridgehead atoms. The number of carbonyl (C=O) groups is 2. The molecule has 0 radical (unpaired) electrons. The molecule has 1 fully saturated rings. The number of amides is 2. The summed E-state index contributed by atoms with van der Waals surface area (Å²) in [5, 5.41) is 5.65. The Kier molecular flexibility index (Phi) is 8.00. The molecule has 1 heterocycles. The summed E-state index contributed by atoms with van der Waals surface area (Å²) < 4.78 is 13.1. The zero-order valence-electron chi connectivity index (χ0n) is 15.6. The van der Waals surface area contributed by atoms with E-state index in [2.05, 4.69) is 29.4 Å². The topological polar surface area (TPSA) is 64.7 Å². The summed E-state index contributed by atoms with van der Waals surface area (Å²) in [4.78, 5) is 28.1. The number of nitrogens with zero attached hydrogens (tertiary/aromatic N) is 2. The van der Waals surface area contributed by atoms with Gasteiger partial charge in [0.05, 0.1) is 13.1 Å². The molecule has 6 nitrogen and oxygen atoms in total. The minimum absolute atomic E-state index is 0.0583. The van der Waals surface area contributed by atoms with Crippen molar-refractivity contribution in [2.45, 2.75) is 20.3 Å². The number of nitrogens with one attached hydrogen (secondary N) is 2. The van der Waals surface area contributed by atoms with Gasteiger partial charge in [0, 0.05) is 38.4 Å². The van der Waals surface area contributed by atoms with Crippen molar-refractivity contribution in [1.82, 2.24) is 15.1 Å². The molecule has 7 heteroatoms. The Morgan fingerprint density at radius 3 is 2.27 bits per heavy atom. The molecule has 2 N–H and O–H groups in total. The highest BCUT2D eigenvalue weighted by molar-refractivity contribution is 5.92. The lowest BCUT2D eigenvalue weighted by Gasteiger charge is -2.33. The van der Waals surface area contributed by atoms with E-state index >= 15 is 0 Å². The first-order valence-corrected chi connectivity index (χ1v) is 9.19. The molecular weight excluding hydrogens is 335 g/mol. The third kappa shape index (κ3) is 7.49. The SMILES string of the molecule is CC(C)CCNC(=O)CN1CCN(CC(=O)Nc2cccc(F)c2)CC1. The van der Waals surface area contributed by atoms with Crippen LogP contribution in [0.1, 0.15) is 20.3 Å². The first-order valence-electron chi connectivity index (χ1n) is 9.19. The van der Waals surface area contributed by atoms with Crippen LogP contribution in [0.15, 0.2) is 24.3 Å². The maximum absolute atomic E-state index is 13.1. The lowest BCUT2D eigenvalue weighted by Crippen LogP contribution is -2.51. The summed E-state index contributed by atoms with van der Waals surface area (Å²) >= 11 is 0. The Bertz CT molecular complexity index is 601. The summed E-state index contributed by atoms with van der Waals surface area (Å²) in [6.07, 6.45) is 0.986. The molecule has 2 rings (SSSR count). The van der Waals surface area contributed by atoms with Crippen LogP contribution < -0.4 is 10.6 Å². The van der Waals surface area contributed by atoms with Crippen LogP contribution in [0.2, 0.25) is 0 Å². The van der Waals surface area contributed by atoms with Crippen LogP contribution in [0.3, 0.4) is 0 Å². The Morgan fingerprint density at radius 1 is 1.08 bits per heavy atom. The van der Waals surface area contributed by atoms with Gasteiger partial charge in [-0.2, -0.15) is 0 Å². The number of anilines is 1. The highest BCUT2D eigenvalue weighted by atomic mass is 19.1. The lowest BCUT2D eigenvalue weighted by atomic mass is 10.1. The monoisotopic (exact) mass is 364 g/mol. The molecule has 0 spiro atoms. The molecule has 1 aromatic rings.